The van der Waals surface area contributed by atoms with E-state index in [2.05, 4.69) is 0 Å². The van der Waals surface area contributed by atoms with E-state index in [1.165, 1.54) is 12.8 Å². The molecule has 0 bridgehead atoms. The molecular weight excluding hydrogens is 208 g/mol. The number of ether oxygens (including phenoxy) is 1. The number of rotatable bonds is 6. The maximum Gasteiger partial charge on any atom is 0.150 e. The van der Waals surface area contributed by atoms with Crippen LogP contribution < -0.4 is 0 Å². The molecule has 0 radical (unpaired) electrons. The van der Waals surface area contributed by atoms with Gasteiger partial charge in [0.05, 0.1) is 12.5 Å². The first-order chi connectivity index (χ1) is 7.38. The quantitative estimate of drug-likeness (QED) is 0.320. The first kappa shape index (κ1) is 10.7. The zero-order valence-electron chi connectivity index (χ0n) is 8.52. The van der Waals surface area contributed by atoms with Crippen molar-refractivity contribution < 1.29 is 9.53 Å². The van der Waals surface area contributed by atoms with E-state index in [4.69, 9.17) is 4.74 Å². The molecule has 0 heterocycles. The van der Waals surface area contributed by atoms with Crippen molar-refractivity contribution >= 4 is 18.0 Å². The highest BCUT2D eigenvalue weighted by Crippen LogP contribution is 2.29. The maximum atomic E-state index is 10.5. The Morgan fingerprint density at radius 1 is 1.47 bits per heavy atom. The minimum atomic E-state index is 0.679. The van der Waals surface area contributed by atoms with Gasteiger partial charge in [-0.3, -0.25) is 4.79 Å². The highest BCUT2D eigenvalue weighted by Gasteiger charge is 2.20. The molecule has 15 heavy (non-hydrogen) atoms. The van der Waals surface area contributed by atoms with Crippen LogP contribution in [0.5, 0.6) is 0 Å². The standard InChI is InChI=1S/C12H14O2S/c13-7-11-2-1-3-12(6-11)15-9-14-8-10-4-5-10/h1-3,6-7,10H,4-5,8-9H2. The second kappa shape index (κ2) is 5.33. The summed E-state index contributed by atoms with van der Waals surface area (Å²) < 4.78 is 5.51. The number of carbonyl (C=O) groups excluding carboxylic acids is 1. The van der Waals surface area contributed by atoms with Gasteiger partial charge in [0.1, 0.15) is 6.29 Å². The zero-order chi connectivity index (χ0) is 10.5. The Labute approximate surface area is 94.0 Å². The third kappa shape index (κ3) is 3.68. The molecule has 1 fully saturated rings. The van der Waals surface area contributed by atoms with Crippen LogP contribution in [0.3, 0.4) is 0 Å². The summed E-state index contributed by atoms with van der Waals surface area (Å²) in [5.41, 5.74) is 0.724. The van der Waals surface area contributed by atoms with Crippen LogP contribution in [0, 0.1) is 5.92 Å². The molecule has 1 aliphatic rings. The summed E-state index contributed by atoms with van der Waals surface area (Å²) in [5.74, 6) is 1.49. The number of hydrogen-bond acceptors (Lipinski definition) is 3. The fourth-order valence-corrected chi connectivity index (χ4v) is 2.00. The van der Waals surface area contributed by atoms with Gasteiger partial charge in [-0.1, -0.05) is 23.9 Å². The molecule has 3 heteroatoms. The molecule has 1 saturated carbocycles. The van der Waals surface area contributed by atoms with E-state index in [0.717, 1.165) is 29.3 Å². The Kier molecular flexibility index (Phi) is 3.80. The van der Waals surface area contributed by atoms with Crippen LogP contribution in [-0.4, -0.2) is 18.8 Å². The van der Waals surface area contributed by atoms with E-state index in [1.54, 1.807) is 11.8 Å². The van der Waals surface area contributed by atoms with Gasteiger partial charge in [-0.25, -0.2) is 0 Å². The summed E-state index contributed by atoms with van der Waals surface area (Å²) in [6.07, 6.45) is 3.52. The molecule has 0 spiro atoms. The lowest BCUT2D eigenvalue weighted by Gasteiger charge is -2.03. The molecule has 1 aromatic rings. The lowest BCUT2D eigenvalue weighted by atomic mass is 10.2. The van der Waals surface area contributed by atoms with Crippen molar-refractivity contribution in [2.24, 2.45) is 5.92 Å². The van der Waals surface area contributed by atoms with Crippen molar-refractivity contribution in [1.29, 1.82) is 0 Å². The van der Waals surface area contributed by atoms with Crippen LogP contribution in [0.1, 0.15) is 23.2 Å². The van der Waals surface area contributed by atoms with Crippen molar-refractivity contribution in [1.82, 2.24) is 0 Å². The third-order valence-electron chi connectivity index (χ3n) is 2.35. The first-order valence-electron chi connectivity index (χ1n) is 5.14. The van der Waals surface area contributed by atoms with Crippen LogP contribution >= 0.6 is 11.8 Å². The smallest absolute Gasteiger partial charge is 0.150 e. The van der Waals surface area contributed by atoms with Gasteiger partial charge in [0.15, 0.2) is 0 Å². The molecule has 0 atom stereocenters. The van der Waals surface area contributed by atoms with Gasteiger partial charge in [-0.2, -0.15) is 0 Å². The van der Waals surface area contributed by atoms with Crippen LogP contribution in [0.2, 0.25) is 0 Å². The average Bonchev–Trinajstić information content (AvgIpc) is 3.09. The zero-order valence-corrected chi connectivity index (χ0v) is 9.33. The van der Waals surface area contributed by atoms with Crippen molar-refractivity contribution in [2.75, 3.05) is 12.5 Å². The van der Waals surface area contributed by atoms with Crippen molar-refractivity contribution in [3.8, 4) is 0 Å². The van der Waals surface area contributed by atoms with Gasteiger partial charge in [0.2, 0.25) is 0 Å². The number of aldehydes is 1. The van der Waals surface area contributed by atoms with Crippen molar-refractivity contribution in [2.45, 2.75) is 17.7 Å². The molecule has 1 aromatic carbocycles. The lowest BCUT2D eigenvalue weighted by molar-refractivity contribution is 0.112. The fraction of sp³-hybridized carbons (Fsp3) is 0.417. The van der Waals surface area contributed by atoms with Crippen molar-refractivity contribution in [3.63, 3.8) is 0 Å². The Morgan fingerprint density at radius 3 is 3.07 bits per heavy atom. The maximum absolute atomic E-state index is 10.5. The molecule has 0 amide bonds. The van der Waals surface area contributed by atoms with E-state index in [1.807, 2.05) is 24.3 Å². The molecule has 0 aromatic heterocycles. The second-order valence-electron chi connectivity index (χ2n) is 3.77. The highest BCUT2D eigenvalue weighted by atomic mass is 32.2. The largest absolute Gasteiger partial charge is 0.370 e. The Morgan fingerprint density at radius 2 is 2.33 bits per heavy atom. The van der Waals surface area contributed by atoms with Crippen LogP contribution in [0.25, 0.3) is 0 Å². The van der Waals surface area contributed by atoms with Crippen molar-refractivity contribution in [3.05, 3.63) is 29.8 Å². The molecule has 0 unspecified atom stereocenters. The summed E-state index contributed by atoms with van der Waals surface area (Å²) in [7, 11) is 0. The van der Waals surface area contributed by atoms with Gasteiger partial charge in [-0.15, -0.1) is 0 Å². The first-order valence-corrected chi connectivity index (χ1v) is 6.13. The number of carbonyl (C=O) groups is 1. The lowest BCUT2D eigenvalue weighted by Crippen LogP contribution is -1.94. The molecule has 2 rings (SSSR count). The van der Waals surface area contributed by atoms with Gasteiger partial charge in [-0.05, 0) is 30.9 Å². The van der Waals surface area contributed by atoms with Crippen LogP contribution in [-0.2, 0) is 4.74 Å². The average molecular weight is 222 g/mol. The predicted octanol–water partition coefficient (Wildman–Crippen LogP) is 2.98. The topological polar surface area (TPSA) is 26.3 Å². The highest BCUT2D eigenvalue weighted by molar-refractivity contribution is 7.99. The summed E-state index contributed by atoms with van der Waals surface area (Å²) in [6, 6.07) is 7.59. The van der Waals surface area contributed by atoms with Gasteiger partial charge in [0.25, 0.3) is 0 Å². The summed E-state index contributed by atoms with van der Waals surface area (Å²) in [5, 5.41) is 0. The van der Waals surface area contributed by atoms with E-state index in [0.29, 0.717) is 5.94 Å². The second-order valence-corrected chi connectivity index (χ2v) is 4.76. The number of benzene rings is 1. The summed E-state index contributed by atoms with van der Waals surface area (Å²) in [4.78, 5) is 11.6. The normalized spacial score (nSPS) is 15.2. The predicted molar refractivity (Wildman–Crippen MR) is 61.2 cm³/mol. The van der Waals surface area contributed by atoms with E-state index in [9.17, 15) is 4.79 Å². The molecule has 2 nitrogen and oxygen atoms in total. The molecular formula is C12H14O2S. The monoisotopic (exact) mass is 222 g/mol. The Bertz CT molecular complexity index is 334. The Balaban J connectivity index is 1.73. The summed E-state index contributed by atoms with van der Waals surface area (Å²) >= 11 is 1.64. The van der Waals surface area contributed by atoms with E-state index in [-0.39, 0.29) is 0 Å². The molecule has 0 aliphatic heterocycles. The Hall–Kier alpha value is -0.800. The molecule has 80 valence electrons. The fourth-order valence-electron chi connectivity index (χ4n) is 1.29. The minimum Gasteiger partial charge on any atom is -0.370 e. The van der Waals surface area contributed by atoms with Crippen LogP contribution in [0.4, 0.5) is 0 Å². The van der Waals surface area contributed by atoms with Crippen LogP contribution in [0.15, 0.2) is 29.2 Å². The molecule has 0 N–H and O–H groups in total. The molecule has 0 saturated heterocycles. The summed E-state index contributed by atoms with van der Waals surface area (Å²) in [6.45, 7) is 0.889. The van der Waals surface area contributed by atoms with Gasteiger partial charge < -0.3 is 4.74 Å². The number of thioether (sulfide) groups is 1. The van der Waals surface area contributed by atoms with Gasteiger partial charge in [0, 0.05) is 10.5 Å². The number of hydrogen-bond donors (Lipinski definition) is 0. The van der Waals surface area contributed by atoms with E-state index < -0.39 is 0 Å². The third-order valence-corrected chi connectivity index (χ3v) is 3.23. The SMILES string of the molecule is O=Cc1cccc(SCOCC2CC2)c1. The molecule has 1 aliphatic carbocycles. The van der Waals surface area contributed by atoms with Gasteiger partial charge >= 0.3 is 0 Å². The van der Waals surface area contributed by atoms with E-state index >= 15 is 0 Å². The minimum absolute atomic E-state index is 0.679.